The summed E-state index contributed by atoms with van der Waals surface area (Å²) in [5.74, 6) is 0.395. The highest BCUT2D eigenvalue weighted by molar-refractivity contribution is 5.31. The van der Waals surface area contributed by atoms with Crippen LogP contribution in [0.5, 0.6) is 5.75 Å². The molecule has 0 aliphatic rings. The minimum Gasteiger partial charge on any atom is -0.508 e. The average molecular weight is 277 g/mol. The third-order valence-electron chi connectivity index (χ3n) is 3.76. The van der Waals surface area contributed by atoms with Gasteiger partial charge in [0.15, 0.2) is 0 Å². The van der Waals surface area contributed by atoms with Crippen LogP contribution in [0.25, 0.3) is 0 Å². The number of benzene rings is 1. The third kappa shape index (κ3) is 8.21. The number of hydrogen-bond acceptors (Lipinski definition) is 2. The molecule has 0 aliphatic heterocycles. The first-order valence-electron chi connectivity index (χ1n) is 8.32. The Kier molecular flexibility index (Phi) is 10.0. The van der Waals surface area contributed by atoms with Gasteiger partial charge in [-0.3, -0.25) is 0 Å². The molecule has 2 nitrogen and oxygen atoms in total. The van der Waals surface area contributed by atoms with E-state index in [-0.39, 0.29) is 0 Å². The lowest BCUT2D eigenvalue weighted by molar-refractivity contribution is 0.463. The summed E-state index contributed by atoms with van der Waals surface area (Å²) in [4.78, 5) is 0. The molecule has 0 bridgehead atoms. The molecular formula is C18H31NO. The van der Waals surface area contributed by atoms with Crippen LogP contribution in [0.4, 0.5) is 0 Å². The van der Waals surface area contributed by atoms with Gasteiger partial charge in [0.05, 0.1) is 0 Å². The third-order valence-corrected chi connectivity index (χ3v) is 3.76. The van der Waals surface area contributed by atoms with Gasteiger partial charge in [0.2, 0.25) is 0 Å². The predicted octanol–water partition coefficient (Wildman–Crippen LogP) is 5.01. The van der Waals surface area contributed by atoms with Gasteiger partial charge in [-0.25, -0.2) is 0 Å². The maximum Gasteiger partial charge on any atom is 0.120 e. The molecular weight excluding hydrogens is 246 g/mol. The maximum absolute atomic E-state index is 9.63. The van der Waals surface area contributed by atoms with Gasteiger partial charge in [0.1, 0.15) is 5.75 Å². The Labute approximate surface area is 124 Å². The highest BCUT2D eigenvalue weighted by atomic mass is 16.3. The fourth-order valence-electron chi connectivity index (χ4n) is 2.44. The van der Waals surface area contributed by atoms with Crippen molar-refractivity contribution in [2.45, 2.75) is 71.3 Å². The van der Waals surface area contributed by atoms with E-state index in [1.165, 1.54) is 57.8 Å². The van der Waals surface area contributed by atoms with E-state index < -0.39 is 0 Å². The van der Waals surface area contributed by atoms with Gasteiger partial charge in [-0.05, 0) is 19.0 Å². The van der Waals surface area contributed by atoms with Crippen molar-refractivity contribution in [3.05, 3.63) is 29.8 Å². The number of unbranched alkanes of at least 4 members (excludes halogenated alkanes) is 8. The number of nitrogens with one attached hydrogen (secondary N) is 1. The lowest BCUT2D eigenvalue weighted by Crippen LogP contribution is -2.14. The number of aromatic hydroxyl groups is 1. The molecule has 0 amide bonds. The molecule has 0 unspecified atom stereocenters. The molecule has 0 aromatic heterocycles. The maximum atomic E-state index is 9.63. The van der Waals surface area contributed by atoms with E-state index in [4.69, 9.17) is 0 Å². The van der Waals surface area contributed by atoms with Crippen LogP contribution < -0.4 is 5.32 Å². The lowest BCUT2D eigenvalue weighted by atomic mass is 10.1. The first-order chi connectivity index (χ1) is 9.84. The molecule has 1 rings (SSSR count). The van der Waals surface area contributed by atoms with Gasteiger partial charge >= 0.3 is 0 Å². The van der Waals surface area contributed by atoms with Crippen LogP contribution in [0.1, 0.15) is 70.3 Å². The van der Waals surface area contributed by atoms with E-state index >= 15 is 0 Å². The molecule has 0 aliphatic carbocycles. The number of phenolic OH excluding ortho intramolecular Hbond substituents is 1. The zero-order valence-electron chi connectivity index (χ0n) is 13.0. The van der Waals surface area contributed by atoms with E-state index in [2.05, 4.69) is 12.2 Å². The minimum absolute atomic E-state index is 0.395. The summed E-state index contributed by atoms with van der Waals surface area (Å²) >= 11 is 0. The van der Waals surface area contributed by atoms with E-state index in [1.807, 2.05) is 18.2 Å². The molecule has 114 valence electrons. The van der Waals surface area contributed by atoms with Crippen molar-refractivity contribution < 1.29 is 5.11 Å². The van der Waals surface area contributed by atoms with Gasteiger partial charge in [-0.15, -0.1) is 0 Å². The monoisotopic (exact) mass is 277 g/mol. The summed E-state index contributed by atoms with van der Waals surface area (Å²) in [5.41, 5.74) is 0.989. The Morgan fingerprint density at radius 2 is 1.45 bits per heavy atom. The lowest BCUT2D eigenvalue weighted by Gasteiger charge is -2.06. The number of para-hydroxylation sites is 1. The van der Waals surface area contributed by atoms with Gasteiger partial charge in [-0.2, -0.15) is 0 Å². The number of phenols is 1. The Morgan fingerprint density at radius 1 is 0.850 bits per heavy atom. The molecule has 2 N–H and O–H groups in total. The molecule has 1 aromatic carbocycles. The van der Waals surface area contributed by atoms with Gasteiger partial charge in [0, 0.05) is 12.1 Å². The van der Waals surface area contributed by atoms with Crippen molar-refractivity contribution in [2.24, 2.45) is 0 Å². The molecule has 1 aromatic rings. The molecule has 0 fully saturated rings. The van der Waals surface area contributed by atoms with Crippen LogP contribution in [-0.4, -0.2) is 11.7 Å². The van der Waals surface area contributed by atoms with E-state index in [0.29, 0.717) is 5.75 Å². The van der Waals surface area contributed by atoms with Crippen molar-refractivity contribution >= 4 is 0 Å². The molecule has 0 saturated carbocycles. The van der Waals surface area contributed by atoms with Crippen molar-refractivity contribution in [3.8, 4) is 5.75 Å². The molecule has 0 radical (unpaired) electrons. The molecule has 0 heterocycles. The van der Waals surface area contributed by atoms with Gasteiger partial charge in [-0.1, -0.05) is 76.5 Å². The second-order valence-corrected chi connectivity index (χ2v) is 5.63. The summed E-state index contributed by atoms with van der Waals surface area (Å²) in [6, 6.07) is 7.54. The Bertz CT molecular complexity index is 338. The zero-order chi connectivity index (χ0) is 14.5. The SMILES string of the molecule is CCCCCCCCCCCNCc1ccccc1O. The number of rotatable bonds is 12. The zero-order valence-corrected chi connectivity index (χ0v) is 13.0. The fourth-order valence-corrected chi connectivity index (χ4v) is 2.44. The fraction of sp³-hybridized carbons (Fsp3) is 0.667. The summed E-state index contributed by atoms with van der Waals surface area (Å²) in [5, 5.41) is 13.0. The minimum atomic E-state index is 0.395. The van der Waals surface area contributed by atoms with Crippen molar-refractivity contribution in [3.63, 3.8) is 0 Å². The van der Waals surface area contributed by atoms with Crippen molar-refractivity contribution in [1.82, 2.24) is 5.32 Å². The standard InChI is InChI=1S/C18H31NO/c1-2-3-4-5-6-7-8-9-12-15-19-16-17-13-10-11-14-18(17)20/h10-11,13-14,19-20H,2-9,12,15-16H2,1H3. The van der Waals surface area contributed by atoms with Crippen molar-refractivity contribution in [1.29, 1.82) is 0 Å². The molecule has 0 saturated heterocycles. The first kappa shape index (κ1) is 17.0. The van der Waals surface area contributed by atoms with Crippen LogP contribution in [0.15, 0.2) is 24.3 Å². The normalized spacial score (nSPS) is 10.8. The van der Waals surface area contributed by atoms with E-state index in [1.54, 1.807) is 6.07 Å². The summed E-state index contributed by atoms with van der Waals surface area (Å²) in [6.07, 6.45) is 12.3. The van der Waals surface area contributed by atoms with Gasteiger partial charge in [0.25, 0.3) is 0 Å². The molecule has 0 atom stereocenters. The van der Waals surface area contributed by atoms with Crippen LogP contribution >= 0.6 is 0 Å². The molecule has 2 heteroatoms. The summed E-state index contributed by atoms with van der Waals surface area (Å²) in [7, 11) is 0. The van der Waals surface area contributed by atoms with E-state index in [9.17, 15) is 5.11 Å². The van der Waals surface area contributed by atoms with Gasteiger partial charge < -0.3 is 10.4 Å². The molecule has 0 spiro atoms. The van der Waals surface area contributed by atoms with Crippen LogP contribution in [-0.2, 0) is 6.54 Å². The van der Waals surface area contributed by atoms with Crippen LogP contribution in [0.3, 0.4) is 0 Å². The summed E-state index contributed by atoms with van der Waals surface area (Å²) in [6.45, 7) is 4.08. The largest absolute Gasteiger partial charge is 0.508 e. The topological polar surface area (TPSA) is 32.3 Å². The Hall–Kier alpha value is -1.02. The van der Waals surface area contributed by atoms with Crippen molar-refractivity contribution in [2.75, 3.05) is 6.54 Å². The highest BCUT2D eigenvalue weighted by Crippen LogP contribution is 2.15. The van der Waals surface area contributed by atoms with Crippen LogP contribution in [0, 0.1) is 0 Å². The average Bonchev–Trinajstić information content (AvgIpc) is 2.46. The second kappa shape index (κ2) is 11.8. The highest BCUT2D eigenvalue weighted by Gasteiger charge is 1.98. The first-order valence-corrected chi connectivity index (χ1v) is 8.32. The second-order valence-electron chi connectivity index (χ2n) is 5.63. The predicted molar refractivity (Wildman–Crippen MR) is 87.0 cm³/mol. The van der Waals surface area contributed by atoms with E-state index in [0.717, 1.165) is 18.7 Å². The smallest absolute Gasteiger partial charge is 0.120 e. The van der Waals surface area contributed by atoms with Crippen LogP contribution in [0.2, 0.25) is 0 Å². The Balaban J connectivity index is 1.87. The Morgan fingerprint density at radius 3 is 2.10 bits per heavy atom. The molecule has 20 heavy (non-hydrogen) atoms. The quantitative estimate of drug-likeness (QED) is 0.526. The number of hydrogen-bond donors (Lipinski definition) is 2. The summed E-state index contributed by atoms with van der Waals surface area (Å²) < 4.78 is 0.